The Morgan fingerprint density at radius 2 is 1.71 bits per heavy atom. The summed E-state index contributed by atoms with van der Waals surface area (Å²) in [5, 5.41) is 21.0. The Morgan fingerprint density at radius 3 is 2.33 bits per heavy atom. The van der Waals surface area contributed by atoms with Gasteiger partial charge in [-0.1, -0.05) is 19.9 Å². The fourth-order valence-corrected chi connectivity index (χ4v) is 9.48. The molecule has 48 heavy (non-hydrogen) atoms. The Labute approximate surface area is 282 Å². The van der Waals surface area contributed by atoms with Gasteiger partial charge in [0, 0.05) is 27.6 Å². The first-order valence-electron chi connectivity index (χ1n) is 15.9. The van der Waals surface area contributed by atoms with Crippen LogP contribution in [0, 0.1) is 39.9 Å². The maximum absolute atomic E-state index is 17.7. The molecule has 0 spiro atoms. The summed E-state index contributed by atoms with van der Waals surface area (Å²) < 4.78 is 51.0. The van der Waals surface area contributed by atoms with Crippen molar-refractivity contribution in [3.05, 3.63) is 77.9 Å². The number of aliphatic hydroxyl groups is 1. The van der Waals surface area contributed by atoms with Crippen LogP contribution in [0.3, 0.4) is 0 Å². The van der Waals surface area contributed by atoms with Crippen LogP contribution in [-0.2, 0) is 19.1 Å². The van der Waals surface area contributed by atoms with Crippen molar-refractivity contribution in [2.24, 2.45) is 28.6 Å². The molecular weight excluding hydrogens is 640 g/mol. The number of carbonyl (C=O) groups is 3. The van der Waals surface area contributed by atoms with Gasteiger partial charge in [0.25, 0.3) is 0 Å². The predicted octanol–water partition coefficient (Wildman–Crippen LogP) is 6.73. The molecule has 0 radical (unpaired) electrons. The average molecular weight is 678 g/mol. The fourth-order valence-electron chi connectivity index (χ4n) is 9.07. The second-order valence-electron chi connectivity index (χ2n) is 13.7. The molecule has 0 aromatic heterocycles. The smallest absolute Gasteiger partial charge is 0.352 e. The number of thioether (sulfide) groups is 1. The number of ketones is 1. The molecule has 4 aliphatic carbocycles. The van der Waals surface area contributed by atoms with E-state index in [-0.39, 0.29) is 30.4 Å². The van der Waals surface area contributed by atoms with E-state index in [1.165, 1.54) is 31.2 Å². The number of nitrogens with zero attached hydrogens (tertiary/aromatic N) is 1. The highest BCUT2D eigenvalue weighted by Gasteiger charge is 2.78. The van der Waals surface area contributed by atoms with Gasteiger partial charge in [0.1, 0.15) is 23.7 Å². The summed E-state index contributed by atoms with van der Waals surface area (Å²) in [6.45, 7) is 4.20. The number of esters is 2. The van der Waals surface area contributed by atoms with Crippen LogP contribution in [0.5, 0.6) is 11.5 Å². The summed E-state index contributed by atoms with van der Waals surface area (Å²) in [6, 6.07) is 15.4. The van der Waals surface area contributed by atoms with Crippen molar-refractivity contribution in [3.63, 3.8) is 0 Å². The van der Waals surface area contributed by atoms with Gasteiger partial charge in [-0.25, -0.2) is 18.4 Å². The number of aliphatic hydroxyl groups excluding tert-OH is 1. The molecule has 3 saturated carbocycles. The second kappa shape index (κ2) is 12.1. The van der Waals surface area contributed by atoms with E-state index in [4.69, 9.17) is 14.2 Å². The minimum atomic E-state index is -2.38. The van der Waals surface area contributed by atoms with Crippen LogP contribution in [0.1, 0.15) is 50.4 Å². The number of hydrogen-bond acceptors (Lipinski definition) is 9. The van der Waals surface area contributed by atoms with Gasteiger partial charge in [-0.15, -0.1) is 11.8 Å². The summed E-state index contributed by atoms with van der Waals surface area (Å²) in [5.41, 5.74) is -7.36. The van der Waals surface area contributed by atoms with E-state index in [2.05, 4.69) is 0 Å². The molecule has 11 heteroatoms. The van der Waals surface area contributed by atoms with Crippen LogP contribution in [0.2, 0.25) is 0 Å². The van der Waals surface area contributed by atoms with Gasteiger partial charge in [-0.05, 0) is 105 Å². The number of hydrogen-bond donors (Lipinski definition) is 1. The highest BCUT2D eigenvalue weighted by molar-refractivity contribution is 7.98. The van der Waals surface area contributed by atoms with Crippen LogP contribution < -0.4 is 4.74 Å². The van der Waals surface area contributed by atoms with Crippen molar-refractivity contribution in [3.8, 4) is 17.6 Å². The van der Waals surface area contributed by atoms with E-state index < -0.39 is 76.5 Å². The Hall–Kier alpha value is -4.01. The van der Waals surface area contributed by atoms with Crippen LogP contribution in [0.4, 0.5) is 8.78 Å². The molecule has 252 valence electrons. The minimum absolute atomic E-state index is 0.0158. The molecule has 0 aliphatic heterocycles. The van der Waals surface area contributed by atoms with Crippen molar-refractivity contribution < 1.29 is 42.5 Å². The van der Waals surface area contributed by atoms with E-state index in [9.17, 15) is 24.8 Å². The van der Waals surface area contributed by atoms with Gasteiger partial charge >= 0.3 is 11.9 Å². The third-order valence-electron chi connectivity index (χ3n) is 11.4. The van der Waals surface area contributed by atoms with Crippen molar-refractivity contribution in [2.45, 2.75) is 68.5 Å². The maximum atomic E-state index is 17.7. The topological polar surface area (TPSA) is 123 Å². The lowest BCUT2D eigenvalue weighted by Gasteiger charge is -2.63. The van der Waals surface area contributed by atoms with Crippen LogP contribution >= 0.6 is 11.8 Å². The zero-order valence-corrected chi connectivity index (χ0v) is 27.9. The molecule has 2 aromatic rings. The quantitative estimate of drug-likeness (QED) is 0.251. The van der Waals surface area contributed by atoms with Crippen molar-refractivity contribution in [1.82, 2.24) is 0 Å². The molecule has 0 heterocycles. The van der Waals surface area contributed by atoms with Crippen LogP contribution in [-0.4, -0.2) is 59.2 Å². The monoisotopic (exact) mass is 677 g/mol. The Bertz CT molecular complexity index is 1740. The lowest BCUT2D eigenvalue weighted by atomic mass is 9.44. The summed E-state index contributed by atoms with van der Waals surface area (Å²) in [6.07, 6.45) is 1.72. The number of benzene rings is 2. The zero-order chi connectivity index (χ0) is 34.6. The lowest BCUT2D eigenvalue weighted by molar-refractivity contribution is -0.230. The van der Waals surface area contributed by atoms with E-state index in [1.54, 1.807) is 43.8 Å². The highest BCUT2D eigenvalue weighted by atomic mass is 32.2. The average Bonchev–Trinajstić information content (AvgIpc) is 3.28. The number of ether oxygens (including phenoxy) is 3. The van der Waals surface area contributed by atoms with E-state index >= 15 is 8.78 Å². The maximum Gasteiger partial charge on any atom is 0.352 e. The number of nitriles is 1. The normalized spacial score (nSPS) is 36.5. The summed E-state index contributed by atoms with van der Waals surface area (Å²) in [7, 11) is 0. The first kappa shape index (κ1) is 33.9. The number of halogens is 2. The number of allylic oxidation sites excluding steroid dienone is 4. The minimum Gasteiger partial charge on any atom is -0.457 e. The number of rotatable bonds is 7. The standard InChI is InChI=1S/C37H37F2NO7S/c1-21-17-27-28-19-30(38)29-18-23(41)13-14-34(29,2)36(28,39)31(42)20-35(27,3)37(21,33(44)45-16-15-40)47-32(43)22-5-7-24(8-6-22)46-25-9-11-26(48-4)12-10-25/h5-14,18,21,27-28,30-31,42H,16-17,19-20H2,1-4H3/t21-,27+,28+,30+,31+,34+,35+,36?,37?/m1/s1. The molecule has 8 nitrogen and oxygen atoms in total. The predicted molar refractivity (Wildman–Crippen MR) is 173 cm³/mol. The van der Waals surface area contributed by atoms with Gasteiger partial charge < -0.3 is 19.3 Å². The van der Waals surface area contributed by atoms with Gasteiger partial charge in [-0.3, -0.25) is 4.79 Å². The summed E-state index contributed by atoms with van der Waals surface area (Å²) in [5.74, 6) is -3.83. The molecular formula is C37H37F2NO7S. The highest BCUT2D eigenvalue weighted by Crippen LogP contribution is 2.71. The van der Waals surface area contributed by atoms with Gasteiger partial charge in [0.05, 0.1) is 11.7 Å². The Morgan fingerprint density at radius 1 is 1.06 bits per heavy atom. The summed E-state index contributed by atoms with van der Waals surface area (Å²) in [4.78, 5) is 41.1. The molecule has 0 amide bonds. The molecule has 2 aromatic carbocycles. The molecule has 2 unspecified atom stereocenters. The fraction of sp³-hybridized carbons (Fsp3) is 0.459. The van der Waals surface area contributed by atoms with Crippen LogP contribution in [0.15, 0.2) is 77.2 Å². The molecule has 3 fully saturated rings. The molecule has 4 aliphatic rings. The second-order valence-corrected chi connectivity index (χ2v) is 14.5. The Balaban J connectivity index is 1.34. The van der Waals surface area contributed by atoms with Gasteiger partial charge in [0.2, 0.25) is 5.60 Å². The molecule has 1 N–H and O–H groups in total. The zero-order valence-electron chi connectivity index (χ0n) is 27.1. The third kappa shape index (κ3) is 4.90. The molecule has 9 atom stereocenters. The van der Waals surface area contributed by atoms with Gasteiger partial charge in [0.15, 0.2) is 18.1 Å². The SMILES string of the molecule is CSc1ccc(Oc2ccc(C(=O)OC3(C(=O)OCC#N)[C@H](C)C[C@H]4[C@@H]5C[C@H](F)C6=CC(=O)C=C[C@]6(C)C5(F)[C@@H](O)C[C@@]43C)cc2)cc1. The van der Waals surface area contributed by atoms with Crippen molar-refractivity contribution in [2.75, 3.05) is 12.9 Å². The Kier molecular flexibility index (Phi) is 8.57. The van der Waals surface area contributed by atoms with E-state index in [1.807, 2.05) is 30.5 Å². The first-order chi connectivity index (χ1) is 22.7. The van der Waals surface area contributed by atoms with Crippen molar-refractivity contribution >= 4 is 29.5 Å². The van der Waals surface area contributed by atoms with Crippen molar-refractivity contribution in [1.29, 1.82) is 5.26 Å². The molecule has 6 rings (SSSR count). The lowest BCUT2D eigenvalue weighted by Crippen LogP contribution is -2.71. The van der Waals surface area contributed by atoms with Gasteiger partial charge in [-0.2, -0.15) is 5.26 Å². The summed E-state index contributed by atoms with van der Waals surface area (Å²) >= 11 is 1.60. The molecule has 0 saturated heterocycles. The number of fused-ring (bicyclic) bond motifs is 5. The van der Waals surface area contributed by atoms with Crippen LogP contribution in [0.25, 0.3) is 0 Å². The van der Waals surface area contributed by atoms with E-state index in [0.717, 1.165) is 11.0 Å². The number of alkyl halides is 2. The third-order valence-corrected chi connectivity index (χ3v) is 12.1. The molecule has 0 bridgehead atoms. The van der Waals surface area contributed by atoms with E-state index in [0.29, 0.717) is 11.5 Å². The largest absolute Gasteiger partial charge is 0.457 e. The first-order valence-corrected chi connectivity index (χ1v) is 17.1. The number of carbonyl (C=O) groups excluding carboxylic acids is 3.